The molecule has 3 aromatic heterocycles. The Morgan fingerprint density at radius 2 is 2.05 bits per heavy atom. The third-order valence-electron chi connectivity index (χ3n) is 6.81. The molecule has 1 saturated heterocycles. The molecule has 1 aliphatic heterocycles. The lowest BCUT2D eigenvalue weighted by Gasteiger charge is -2.17. The summed E-state index contributed by atoms with van der Waals surface area (Å²) in [6.45, 7) is 4.58. The normalized spacial score (nSPS) is 17.0. The number of amides is 1. The van der Waals surface area contributed by atoms with Crippen LogP contribution in [-0.2, 0) is 30.9 Å². The van der Waals surface area contributed by atoms with Gasteiger partial charge in [-0.05, 0) is 35.4 Å². The number of rotatable bonds is 10. The fraction of sp³-hybridized carbons (Fsp3) is 0.423. The van der Waals surface area contributed by atoms with E-state index in [4.69, 9.17) is 4.74 Å². The summed E-state index contributed by atoms with van der Waals surface area (Å²) in [5.74, 6) is -0.375. The summed E-state index contributed by atoms with van der Waals surface area (Å²) in [5.41, 5.74) is 1.46. The van der Waals surface area contributed by atoms with Crippen LogP contribution < -0.4 is 10.2 Å². The number of halogens is 2. The summed E-state index contributed by atoms with van der Waals surface area (Å²) in [4.78, 5) is 23.8. The number of aryl methyl sites for hydroxylation is 1. The van der Waals surface area contributed by atoms with E-state index in [0.29, 0.717) is 54.4 Å². The quantitative estimate of drug-likeness (QED) is 0.315. The lowest BCUT2D eigenvalue weighted by atomic mass is 10.0. The summed E-state index contributed by atoms with van der Waals surface area (Å²) in [7, 11) is 1.51. The van der Waals surface area contributed by atoms with Gasteiger partial charge in [0.2, 0.25) is 5.95 Å². The summed E-state index contributed by atoms with van der Waals surface area (Å²) >= 11 is 0. The molecule has 0 radical (unpaired) electrons. The minimum Gasteiger partial charge on any atom is -0.378 e. The van der Waals surface area contributed by atoms with Crippen molar-refractivity contribution in [2.24, 2.45) is 0 Å². The first-order valence-corrected chi connectivity index (χ1v) is 12.9. The third kappa shape index (κ3) is 5.81. The van der Waals surface area contributed by atoms with Crippen molar-refractivity contribution in [3.05, 3.63) is 70.8 Å². The fourth-order valence-corrected chi connectivity index (χ4v) is 4.70. The second-order valence-electron chi connectivity index (χ2n) is 9.92. The SMILES string of the molecule is CCc1ccc(-n2cnnn2)c(CNC(=O)c2cn(Cc3cnc(N4CCC(C)(F)C4)nc3)nc2COC)c1F. The van der Waals surface area contributed by atoms with Crippen molar-refractivity contribution in [3.63, 3.8) is 0 Å². The molecule has 1 unspecified atom stereocenters. The second kappa shape index (κ2) is 11.4. The molecule has 0 spiro atoms. The Balaban J connectivity index is 1.31. The summed E-state index contributed by atoms with van der Waals surface area (Å²) < 4.78 is 37.7. The molecule has 40 heavy (non-hydrogen) atoms. The number of anilines is 1. The average molecular weight is 553 g/mol. The highest BCUT2D eigenvalue weighted by atomic mass is 19.1. The zero-order valence-electron chi connectivity index (χ0n) is 22.5. The van der Waals surface area contributed by atoms with Gasteiger partial charge in [-0.3, -0.25) is 9.48 Å². The number of carbonyl (C=O) groups is 1. The van der Waals surface area contributed by atoms with Crippen molar-refractivity contribution in [2.45, 2.75) is 52.1 Å². The molecule has 0 aliphatic carbocycles. The van der Waals surface area contributed by atoms with Gasteiger partial charge in [0, 0.05) is 56.3 Å². The third-order valence-corrected chi connectivity index (χ3v) is 6.81. The van der Waals surface area contributed by atoms with Crippen LogP contribution in [0.3, 0.4) is 0 Å². The van der Waals surface area contributed by atoms with Crippen molar-refractivity contribution in [3.8, 4) is 5.69 Å². The Morgan fingerprint density at radius 1 is 1.25 bits per heavy atom. The number of alkyl halides is 1. The Hall–Kier alpha value is -4.33. The average Bonchev–Trinajstić information content (AvgIpc) is 3.69. The first-order chi connectivity index (χ1) is 19.3. The molecule has 1 amide bonds. The Bertz CT molecular complexity index is 1470. The van der Waals surface area contributed by atoms with Gasteiger partial charge in [0.1, 0.15) is 23.5 Å². The first-order valence-electron chi connectivity index (χ1n) is 12.9. The number of methoxy groups -OCH3 is 1. The zero-order valence-corrected chi connectivity index (χ0v) is 22.5. The number of hydrogen-bond donors (Lipinski definition) is 1. The Morgan fingerprint density at radius 3 is 2.70 bits per heavy atom. The second-order valence-corrected chi connectivity index (χ2v) is 9.92. The van der Waals surface area contributed by atoms with Gasteiger partial charge in [-0.2, -0.15) is 5.10 Å². The van der Waals surface area contributed by atoms with Gasteiger partial charge in [0.15, 0.2) is 0 Å². The molecule has 14 heteroatoms. The van der Waals surface area contributed by atoms with E-state index < -0.39 is 17.4 Å². The van der Waals surface area contributed by atoms with E-state index >= 15 is 4.39 Å². The van der Waals surface area contributed by atoms with E-state index in [0.717, 1.165) is 5.56 Å². The lowest BCUT2D eigenvalue weighted by Crippen LogP contribution is -2.27. The van der Waals surface area contributed by atoms with Crippen LogP contribution in [0.15, 0.2) is 37.1 Å². The number of benzene rings is 1. The van der Waals surface area contributed by atoms with Crippen LogP contribution in [0.1, 0.15) is 53.0 Å². The van der Waals surface area contributed by atoms with E-state index in [1.165, 1.54) is 18.1 Å². The number of carbonyl (C=O) groups excluding carboxylic acids is 1. The molecular weight excluding hydrogens is 522 g/mol. The number of aromatic nitrogens is 8. The maximum Gasteiger partial charge on any atom is 0.255 e. The van der Waals surface area contributed by atoms with Crippen molar-refractivity contribution in [1.82, 2.24) is 45.3 Å². The predicted octanol–water partition coefficient (Wildman–Crippen LogP) is 2.41. The Kier molecular flexibility index (Phi) is 7.78. The summed E-state index contributed by atoms with van der Waals surface area (Å²) in [5, 5.41) is 18.4. The Labute approximate surface area is 229 Å². The molecule has 0 saturated carbocycles. The summed E-state index contributed by atoms with van der Waals surface area (Å²) in [6.07, 6.45) is 7.23. The minimum absolute atomic E-state index is 0.0883. The first kappa shape index (κ1) is 27.2. The van der Waals surface area contributed by atoms with E-state index in [9.17, 15) is 9.18 Å². The topological polar surface area (TPSA) is 129 Å². The monoisotopic (exact) mass is 552 g/mol. The van der Waals surface area contributed by atoms with Crippen LogP contribution in [0.2, 0.25) is 0 Å². The van der Waals surface area contributed by atoms with Crippen LogP contribution in [0.4, 0.5) is 14.7 Å². The van der Waals surface area contributed by atoms with Gasteiger partial charge in [-0.25, -0.2) is 23.4 Å². The van der Waals surface area contributed by atoms with Crippen molar-refractivity contribution >= 4 is 11.9 Å². The van der Waals surface area contributed by atoms with Crippen LogP contribution in [-0.4, -0.2) is 71.7 Å². The number of ether oxygens (including phenoxy) is 1. The molecule has 210 valence electrons. The highest BCUT2D eigenvalue weighted by molar-refractivity contribution is 5.95. The van der Waals surface area contributed by atoms with Crippen LogP contribution >= 0.6 is 0 Å². The fourth-order valence-electron chi connectivity index (χ4n) is 4.70. The van der Waals surface area contributed by atoms with Crippen molar-refractivity contribution in [2.75, 3.05) is 25.1 Å². The molecule has 1 aliphatic rings. The van der Waals surface area contributed by atoms with E-state index in [1.54, 1.807) is 42.3 Å². The van der Waals surface area contributed by atoms with Gasteiger partial charge in [0.05, 0.1) is 30.9 Å². The van der Waals surface area contributed by atoms with Gasteiger partial charge in [-0.1, -0.05) is 13.0 Å². The van der Waals surface area contributed by atoms with Crippen LogP contribution in [0.25, 0.3) is 5.69 Å². The largest absolute Gasteiger partial charge is 0.378 e. The smallest absolute Gasteiger partial charge is 0.255 e. The number of hydrogen-bond acceptors (Lipinski definition) is 9. The number of tetrazole rings is 1. The van der Waals surface area contributed by atoms with Crippen molar-refractivity contribution in [1.29, 1.82) is 0 Å². The van der Waals surface area contributed by atoms with Gasteiger partial charge >= 0.3 is 0 Å². The number of nitrogens with zero attached hydrogens (tertiary/aromatic N) is 9. The van der Waals surface area contributed by atoms with Crippen LogP contribution in [0, 0.1) is 5.82 Å². The molecular formula is C26H30F2N10O2. The highest BCUT2D eigenvalue weighted by Crippen LogP contribution is 2.27. The molecule has 5 rings (SSSR count). The molecule has 4 aromatic rings. The molecule has 1 N–H and O–H groups in total. The molecule has 0 bridgehead atoms. The molecule has 12 nitrogen and oxygen atoms in total. The maximum atomic E-state index is 15.3. The molecule has 4 heterocycles. The molecule has 1 fully saturated rings. The van der Waals surface area contributed by atoms with Gasteiger partial charge in [-0.15, -0.1) is 5.10 Å². The predicted molar refractivity (Wildman–Crippen MR) is 140 cm³/mol. The van der Waals surface area contributed by atoms with E-state index in [-0.39, 0.29) is 25.3 Å². The zero-order chi connectivity index (χ0) is 28.3. The van der Waals surface area contributed by atoms with Gasteiger partial charge < -0.3 is 15.0 Å². The summed E-state index contributed by atoms with van der Waals surface area (Å²) in [6, 6.07) is 3.40. The standard InChI is InChI=1S/C26H30F2N10O2/c1-4-18-5-6-22(38-16-32-34-35-38)19(23(18)27)11-29-24(39)20-13-37(33-21(20)14-40-3)12-17-9-30-25(31-10-17)36-8-7-26(2,28)15-36/h5-6,9-10,13,16H,4,7-8,11-12,14-15H2,1-3H3,(H,29,39). The van der Waals surface area contributed by atoms with E-state index in [2.05, 4.69) is 35.9 Å². The minimum atomic E-state index is -1.24. The highest BCUT2D eigenvalue weighted by Gasteiger charge is 2.34. The lowest BCUT2D eigenvalue weighted by molar-refractivity contribution is 0.0945. The molecule has 1 atom stereocenters. The number of nitrogens with one attached hydrogen (secondary N) is 1. The van der Waals surface area contributed by atoms with Crippen molar-refractivity contribution < 1.29 is 18.3 Å². The maximum absolute atomic E-state index is 15.3. The van der Waals surface area contributed by atoms with E-state index in [1.807, 2.05) is 11.8 Å². The molecule has 1 aromatic carbocycles. The van der Waals surface area contributed by atoms with Gasteiger partial charge in [0.25, 0.3) is 5.91 Å². The van der Waals surface area contributed by atoms with Crippen LogP contribution in [0.5, 0.6) is 0 Å².